The zero-order valence-electron chi connectivity index (χ0n) is 12.6. The van der Waals surface area contributed by atoms with Crippen LogP contribution in [-0.2, 0) is 14.8 Å². The van der Waals surface area contributed by atoms with Crippen molar-refractivity contribution in [3.8, 4) is 5.75 Å². The number of nitrogen functional groups attached to an aromatic ring is 1. The molecular formula is C15H17N2NaO6S. The number of carboxylic acid groups (broad SMARTS) is 1. The zero-order valence-corrected chi connectivity index (χ0v) is 13.4. The monoisotopic (exact) mass is 376 g/mol. The first kappa shape index (κ1) is 22.9. The number of hydrogen-bond donors (Lipinski definition) is 4. The Morgan fingerprint density at radius 1 is 1.04 bits per heavy atom. The van der Waals surface area contributed by atoms with Gasteiger partial charge in [0.15, 0.2) is 0 Å². The molecule has 0 aliphatic carbocycles. The van der Waals surface area contributed by atoms with E-state index in [1.165, 1.54) is 36.4 Å². The molecule has 0 fully saturated rings. The number of carbonyl (C=O) groups excluding carboxylic acids is 1. The average Bonchev–Trinajstić information content (AvgIpc) is 2.47. The van der Waals surface area contributed by atoms with E-state index in [2.05, 4.69) is 0 Å². The Morgan fingerprint density at radius 2 is 1.56 bits per heavy atom. The van der Waals surface area contributed by atoms with Gasteiger partial charge in [-0.3, -0.25) is 4.79 Å². The number of phenols is 1. The second-order valence-corrected chi connectivity index (χ2v) is 6.24. The van der Waals surface area contributed by atoms with Crippen LogP contribution in [0, 0.1) is 0 Å². The summed E-state index contributed by atoms with van der Waals surface area (Å²) in [5, 5.41) is 17.3. The summed E-state index contributed by atoms with van der Waals surface area (Å²) < 4.78 is 24.6. The van der Waals surface area contributed by atoms with Crippen LogP contribution >= 0.6 is 0 Å². The van der Waals surface area contributed by atoms with E-state index >= 15 is 0 Å². The summed E-state index contributed by atoms with van der Waals surface area (Å²) in [6.07, 6.45) is 0. The van der Waals surface area contributed by atoms with E-state index in [1.54, 1.807) is 12.1 Å². The molecule has 0 aliphatic heterocycles. The van der Waals surface area contributed by atoms with Crippen LogP contribution in [0.15, 0.2) is 53.4 Å². The molecule has 0 spiro atoms. The van der Waals surface area contributed by atoms with Crippen LogP contribution in [0.25, 0.3) is 0 Å². The average molecular weight is 376 g/mol. The maximum atomic E-state index is 11.4. The Labute approximate surface area is 167 Å². The molecule has 0 aromatic heterocycles. The molecule has 0 bridgehead atoms. The van der Waals surface area contributed by atoms with Crippen LogP contribution in [0.1, 0.15) is 17.3 Å². The molecule has 1 amide bonds. The maximum absolute atomic E-state index is 11.4. The second-order valence-electron chi connectivity index (χ2n) is 4.55. The van der Waals surface area contributed by atoms with Gasteiger partial charge in [-0.15, -0.1) is 0 Å². The number of rotatable bonds is 3. The van der Waals surface area contributed by atoms with Gasteiger partial charge in [0, 0.05) is 12.6 Å². The predicted octanol–water partition coefficient (Wildman–Crippen LogP) is 0.535. The van der Waals surface area contributed by atoms with Gasteiger partial charge in [0.05, 0.1) is 4.90 Å². The van der Waals surface area contributed by atoms with Crippen molar-refractivity contribution >= 4 is 57.1 Å². The number of hydrogen-bond acceptors (Lipinski definition) is 6. The molecule has 25 heavy (non-hydrogen) atoms. The molecule has 0 atom stereocenters. The van der Waals surface area contributed by atoms with Crippen molar-refractivity contribution in [1.82, 2.24) is 4.72 Å². The van der Waals surface area contributed by atoms with Gasteiger partial charge in [0.2, 0.25) is 5.91 Å². The molecule has 0 radical (unpaired) electrons. The Hall–Kier alpha value is -2.07. The van der Waals surface area contributed by atoms with Crippen LogP contribution in [0.5, 0.6) is 5.75 Å². The topological polar surface area (TPSA) is 147 Å². The fraction of sp³-hybridized carbons (Fsp3) is 0.0667. The number of carbonyl (C=O) groups is 2. The fourth-order valence-electron chi connectivity index (χ4n) is 1.55. The first-order chi connectivity index (χ1) is 11.1. The molecule has 0 saturated heterocycles. The molecule has 0 aliphatic rings. The summed E-state index contributed by atoms with van der Waals surface area (Å²) >= 11 is 0. The van der Waals surface area contributed by atoms with Crippen molar-refractivity contribution in [1.29, 1.82) is 0 Å². The number of nitrogens with one attached hydrogen (secondary N) is 1. The van der Waals surface area contributed by atoms with E-state index in [0.29, 0.717) is 5.69 Å². The number of para-hydroxylation sites is 1. The summed E-state index contributed by atoms with van der Waals surface area (Å²) in [5.74, 6) is -1.94. The minimum atomic E-state index is -3.73. The van der Waals surface area contributed by atoms with Crippen molar-refractivity contribution in [2.24, 2.45) is 0 Å². The van der Waals surface area contributed by atoms with Gasteiger partial charge in [0.1, 0.15) is 11.3 Å². The van der Waals surface area contributed by atoms with E-state index in [1.807, 2.05) is 4.72 Å². The van der Waals surface area contributed by atoms with Gasteiger partial charge in [-0.1, -0.05) is 12.1 Å². The number of carboxylic acids is 1. The number of amides is 1. The van der Waals surface area contributed by atoms with Crippen LogP contribution in [0.2, 0.25) is 0 Å². The molecule has 8 nitrogen and oxygen atoms in total. The summed E-state index contributed by atoms with van der Waals surface area (Å²) in [5.41, 5.74) is 5.79. The standard InChI is InChI=1S/C8H10N2O3S.C7H6O3.Na.H/c1-6(11)10-14(12,13)8-4-2-7(9)3-5-8;8-6-4-2-1-3-5(6)7(9)10;;/h2-5H,9H2,1H3,(H,10,11);1-4,8H,(H,9,10);;. The summed E-state index contributed by atoms with van der Waals surface area (Å²) in [4.78, 5) is 20.9. The van der Waals surface area contributed by atoms with Gasteiger partial charge in [-0.2, -0.15) is 0 Å². The Kier molecular flexibility index (Phi) is 9.21. The summed E-state index contributed by atoms with van der Waals surface area (Å²) in [6.45, 7) is 1.13. The van der Waals surface area contributed by atoms with Crippen molar-refractivity contribution in [2.45, 2.75) is 11.8 Å². The number of benzene rings is 2. The molecule has 130 valence electrons. The normalized spacial score (nSPS) is 9.80. The van der Waals surface area contributed by atoms with Gasteiger partial charge in [-0.05, 0) is 36.4 Å². The molecule has 0 unspecified atom stereocenters. The van der Waals surface area contributed by atoms with Crippen LogP contribution in [-0.4, -0.2) is 60.1 Å². The van der Waals surface area contributed by atoms with Crippen LogP contribution < -0.4 is 10.5 Å². The van der Waals surface area contributed by atoms with Crippen molar-refractivity contribution in [3.05, 3.63) is 54.1 Å². The Balaban J connectivity index is 0.000000465. The van der Waals surface area contributed by atoms with Crippen LogP contribution in [0.4, 0.5) is 5.69 Å². The van der Waals surface area contributed by atoms with E-state index in [-0.39, 0.29) is 45.8 Å². The molecular weight excluding hydrogens is 359 g/mol. The van der Waals surface area contributed by atoms with Crippen LogP contribution in [0.3, 0.4) is 0 Å². The third-order valence-electron chi connectivity index (χ3n) is 2.60. The number of aromatic hydroxyl groups is 1. The number of anilines is 1. The van der Waals surface area contributed by atoms with Gasteiger partial charge < -0.3 is 15.9 Å². The summed E-state index contributed by atoms with van der Waals surface area (Å²) in [7, 11) is -3.73. The first-order valence-electron chi connectivity index (χ1n) is 6.53. The van der Waals surface area contributed by atoms with E-state index in [0.717, 1.165) is 6.92 Å². The summed E-state index contributed by atoms with van der Waals surface area (Å²) in [6, 6.07) is 11.4. The molecule has 2 aromatic carbocycles. The van der Waals surface area contributed by atoms with E-state index < -0.39 is 21.9 Å². The van der Waals surface area contributed by atoms with E-state index in [9.17, 15) is 18.0 Å². The third-order valence-corrected chi connectivity index (χ3v) is 4.05. The van der Waals surface area contributed by atoms with E-state index in [4.69, 9.17) is 15.9 Å². The second kappa shape index (κ2) is 10.0. The third kappa shape index (κ3) is 7.57. The quantitative estimate of drug-likeness (QED) is 0.451. The SMILES string of the molecule is CC(=O)NS(=O)(=O)c1ccc(N)cc1.O=C(O)c1ccccc1O.[NaH]. The van der Waals surface area contributed by atoms with Gasteiger partial charge in [-0.25, -0.2) is 17.9 Å². The number of sulfonamides is 1. The predicted molar refractivity (Wildman–Crippen MR) is 94.1 cm³/mol. The van der Waals surface area contributed by atoms with Gasteiger partial charge in [0.25, 0.3) is 10.0 Å². The molecule has 5 N–H and O–H groups in total. The van der Waals surface area contributed by atoms with Crippen molar-refractivity contribution in [3.63, 3.8) is 0 Å². The molecule has 0 saturated carbocycles. The first-order valence-corrected chi connectivity index (χ1v) is 8.02. The zero-order chi connectivity index (χ0) is 18.3. The Morgan fingerprint density at radius 3 is 1.96 bits per heavy atom. The van der Waals surface area contributed by atoms with Crippen molar-refractivity contribution in [2.75, 3.05) is 5.73 Å². The Bertz CT molecular complexity index is 837. The molecule has 10 heteroatoms. The molecule has 2 rings (SSSR count). The van der Waals surface area contributed by atoms with Crippen molar-refractivity contribution < 1.29 is 28.2 Å². The molecule has 2 aromatic rings. The fourth-order valence-corrected chi connectivity index (χ4v) is 2.54. The molecule has 0 heterocycles. The number of nitrogens with two attached hydrogens (primary N) is 1. The minimum absolute atomic E-state index is 0. The van der Waals surface area contributed by atoms with Gasteiger partial charge >= 0.3 is 35.5 Å². The number of aromatic carboxylic acids is 1.